The Hall–Kier alpha value is -2.70. The summed E-state index contributed by atoms with van der Waals surface area (Å²) in [7, 11) is -3.20. The van der Waals surface area contributed by atoms with E-state index in [4.69, 9.17) is 27.9 Å². The van der Waals surface area contributed by atoms with Gasteiger partial charge in [-0.25, -0.2) is 0 Å². The van der Waals surface area contributed by atoms with Crippen molar-refractivity contribution < 1.29 is 57.2 Å². The van der Waals surface area contributed by atoms with E-state index in [9.17, 15) is 22.9 Å². The molecule has 0 aliphatic carbocycles. The molecule has 0 unspecified atom stereocenters. The van der Waals surface area contributed by atoms with Crippen LogP contribution in [0.15, 0.2) is 75.8 Å². The number of nitrogens with zero attached hydrogens (tertiary/aromatic N) is 2. The number of carbonyl (C=O) groups excluding carboxylic acids is 1. The summed E-state index contributed by atoms with van der Waals surface area (Å²) in [5.74, 6) is -1.06. The molecule has 1 amide bonds. The average Bonchev–Trinajstić information content (AvgIpc) is 2.84. The molecule has 0 bridgehead atoms. The van der Waals surface area contributed by atoms with Crippen LogP contribution in [0.5, 0.6) is 11.5 Å². The van der Waals surface area contributed by atoms with Gasteiger partial charge in [0.2, 0.25) is 0 Å². The summed E-state index contributed by atoms with van der Waals surface area (Å²) in [6.07, 6.45) is 0. The number of hydrogen-bond donors (Lipinski definition) is 2. The van der Waals surface area contributed by atoms with Crippen LogP contribution in [0, 0.1) is 6.92 Å². The zero-order chi connectivity index (χ0) is 26.9. The van der Waals surface area contributed by atoms with E-state index in [0.717, 1.165) is 0 Å². The molecule has 0 saturated carbocycles. The van der Waals surface area contributed by atoms with Crippen molar-refractivity contribution in [3.05, 3.63) is 81.8 Å². The molecule has 0 aromatic heterocycles. The van der Waals surface area contributed by atoms with Gasteiger partial charge in [0.15, 0.2) is 0 Å². The van der Waals surface area contributed by atoms with E-state index in [2.05, 4.69) is 15.5 Å². The molecule has 9 nitrogen and oxygen atoms in total. The van der Waals surface area contributed by atoms with Gasteiger partial charge in [-0.3, -0.25) is 9.35 Å². The molecule has 0 saturated heterocycles. The van der Waals surface area contributed by atoms with Gasteiger partial charge < -0.3 is 15.2 Å². The van der Waals surface area contributed by atoms with Crippen molar-refractivity contribution in [2.24, 2.45) is 10.2 Å². The van der Waals surface area contributed by atoms with Gasteiger partial charge in [0.1, 0.15) is 16.3 Å². The van der Waals surface area contributed by atoms with E-state index in [1.807, 2.05) is 0 Å². The maximum Gasteiger partial charge on any atom is 1.00 e. The van der Waals surface area contributed by atoms with Crippen molar-refractivity contribution in [1.82, 2.24) is 0 Å². The fourth-order valence-electron chi connectivity index (χ4n) is 3.65. The Balaban J connectivity index is 0.00000400. The van der Waals surface area contributed by atoms with Crippen LogP contribution in [0.1, 0.15) is 15.9 Å². The number of nitrogens with one attached hydrogen (secondary N) is 1. The van der Waals surface area contributed by atoms with Crippen LogP contribution >= 0.6 is 23.2 Å². The molecule has 38 heavy (non-hydrogen) atoms. The van der Waals surface area contributed by atoms with Gasteiger partial charge in [-0.05, 0) is 42.1 Å². The molecule has 0 heterocycles. The van der Waals surface area contributed by atoms with Crippen molar-refractivity contribution in [3.63, 3.8) is 0 Å². The average molecular weight is 582 g/mol. The van der Waals surface area contributed by atoms with Crippen molar-refractivity contribution >= 4 is 67.1 Å². The first kappa shape index (κ1) is 29.9. The number of rotatable bonds is 6. The first-order chi connectivity index (χ1) is 17.5. The molecule has 13 heteroatoms. The Bertz CT molecular complexity index is 1700. The summed E-state index contributed by atoms with van der Waals surface area (Å²) in [5.41, 5.74) is 0.119. The predicted octanol–water partition coefficient (Wildman–Crippen LogP) is 3.46. The maximum absolute atomic E-state index is 13.3. The second-order valence-electron chi connectivity index (χ2n) is 7.85. The van der Waals surface area contributed by atoms with Crippen molar-refractivity contribution in [2.75, 3.05) is 12.4 Å². The number of hydrogen-bond acceptors (Lipinski definition) is 7. The summed E-state index contributed by atoms with van der Waals surface area (Å²) in [4.78, 5) is 12.6. The third-order valence-corrected chi connectivity index (χ3v) is 7.27. The number of carbonyl (C=O) groups is 1. The largest absolute Gasteiger partial charge is 1.00 e. The number of ether oxygens (including phenoxy) is 1. The molecule has 4 rings (SSSR count). The van der Waals surface area contributed by atoms with E-state index in [-0.39, 0.29) is 57.1 Å². The van der Waals surface area contributed by atoms with Gasteiger partial charge in [-0.15, -0.1) is 5.11 Å². The molecule has 0 aliphatic rings. The van der Waals surface area contributed by atoms with Crippen molar-refractivity contribution in [3.8, 4) is 11.5 Å². The Labute approximate surface area is 250 Å². The first-order valence-electron chi connectivity index (χ1n) is 10.6. The second kappa shape index (κ2) is 12.0. The summed E-state index contributed by atoms with van der Waals surface area (Å²) in [6.45, 7) is 1.46. The molecule has 2 N–H and O–H groups in total. The maximum atomic E-state index is 13.3. The quantitative estimate of drug-likeness (QED) is 0.203. The number of methoxy groups -OCH3 is 1. The summed E-state index contributed by atoms with van der Waals surface area (Å²) >= 11 is 12.2. The smallest absolute Gasteiger partial charge is 0.870 e. The Morgan fingerprint density at radius 3 is 2.45 bits per heavy atom. The van der Waals surface area contributed by atoms with E-state index in [0.29, 0.717) is 27.2 Å². The van der Waals surface area contributed by atoms with Gasteiger partial charge in [-0.1, -0.05) is 59.3 Å². The minimum absolute atomic E-state index is 0. The van der Waals surface area contributed by atoms with E-state index < -0.39 is 26.7 Å². The summed E-state index contributed by atoms with van der Waals surface area (Å²) in [6, 6.07) is 15.6. The number of amides is 1. The van der Waals surface area contributed by atoms with E-state index >= 15 is 0 Å². The number of benzene rings is 4. The van der Waals surface area contributed by atoms with Crippen LogP contribution < -0.4 is 44.7 Å². The topological polar surface area (TPSA) is 140 Å². The minimum Gasteiger partial charge on any atom is -0.870 e. The van der Waals surface area contributed by atoms with E-state index in [1.54, 1.807) is 36.4 Å². The van der Waals surface area contributed by atoms with Gasteiger partial charge in [0.05, 0.1) is 22.8 Å². The molecule has 0 spiro atoms. The third-order valence-electron chi connectivity index (χ3n) is 5.42. The number of anilines is 1. The zero-order valence-corrected chi connectivity index (χ0v) is 24.6. The first-order valence-corrected chi connectivity index (χ1v) is 12.8. The Morgan fingerprint density at radius 1 is 1.05 bits per heavy atom. The van der Waals surface area contributed by atoms with Gasteiger partial charge >= 0.3 is 29.6 Å². The molecule has 190 valence electrons. The van der Waals surface area contributed by atoms with Crippen molar-refractivity contribution in [1.29, 1.82) is 0 Å². The van der Waals surface area contributed by atoms with Crippen LogP contribution in [0.2, 0.25) is 10.0 Å². The molecule has 4 aromatic rings. The fraction of sp³-hybridized carbons (Fsp3) is 0.0800. The normalized spacial score (nSPS) is 11.4. The van der Waals surface area contributed by atoms with Crippen LogP contribution in [-0.2, 0) is 10.1 Å². The molecular formula is C25H18Cl2N3NaO6S. The Morgan fingerprint density at radius 2 is 1.76 bits per heavy atom. The second-order valence-corrected chi connectivity index (χ2v) is 9.99. The summed E-state index contributed by atoms with van der Waals surface area (Å²) < 4.78 is 38.2. The minimum atomic E-state index is -4.63. The van der Waals surface area contributed by atoms with E-state index in [1.165, 1.54) is 38.3 Å². The SMILES string of the molecule is COc1cc(NC(=O)c2cc3ccccc3c(N=Nc3ccc(C)c(S(=O)(=O)O)c3Cl)c2[O-])ccc1Cl.[Na+]. The number of aryl methyl sites for hydroxylation is 1. The number of halogens is 2. The van der Waals surface area contributed by atoms with Gasteiger partial charge in [-0.2, -0.15) is 13.5 Å². The molecule has 0 radical (unpaired) electrons. The molecule has 0 aliphatic heterocycles. The van der Waals surface area contributed by atoms with Gasteiger partial charge in [0.25, 0.3) is 16.0 Å². The van der Waals surface area contributed by atoms with Crippen LogP contribution in [0.4, 0.5) is 17.1 Å². The van der Waals surface area contributed by atoms with Crippen LogP contribution in [0.3, 0.4) is 0 Å². The molecule has 0 atom stereocenters. The fourth-order valence-corrected chi connectivity index (χ4v) is 5.20. The molecule has 4 aromatic carbocycles. The number of azo groups is 1. The van der Waals surface area contributed by atoms with Crippen LogP contribution in [-0.4, -0.2) is 26.0 Å². The molecular weight excluding hydrogens is 564 g/mol. The number of fused-ring (bicyclic) bond motifs is 1. The standard InChI is InChI=1S/C25H19Cl2N3O6S.Na/c1-13-7-10-19(21(27)24(13)37(33,34)35)29-30-22-16-6-4-3-5-14(16)11-17(23(22)31)25(32)28-15-8-9-18(26)20(12-15)36-2;/h3-12,31H,1-2H3,(H,28,32)(H,33,34,35);/q;+1/p-1. The monoisotopic (exact) mass is 581 g/mol. The summed E-state index contributed by atoms with van der Waals surface area (Å²) in [5, 5.41) is 25.0. The third kappa shape index (κ3) is 6.13. The Kier molecular flexibility index (Phi) is 9.43. The molecule has 0 fully saturated rings. The van der Waals surface area contributed by atoms with Crippen LogP contribution in [0.25, 0.3) is 10.8 Å². The van der Waals surface area contributed by atoms with Gasteiger partial charge in [0, 0.05) is 22.7 Å². The van der Waals surface area contributed by atoms with Crippen molar-refractivity contribution in [2.45, 2.75) is 11.8 Å². The predicted molar refractivity (Wildman–Crippen MR) is 140 cm³/mol. The zero-order valence-electron chi connectivity index (χ0n) is 20.3.